The van der Waals surface area contributed by atoms with Gasteiger partial charge in [0.05, 0.1) is 29.2 Å². The number of nitrogens with two attached hydrogens (primary N) is 2. The van der Waals surface area contributed by atoms with E-state index < -0.39 is 64.2 Å². The Morgan fingerprint density at radius 1 is 0.848 bits per heavy atom. The molecule has 1 spiro atoms. The summed E-state index contributed by atoms with van der Waals surface area (Å²) in [5.74, 6) is 4.75. The number of nitrogens with one attached hydrogen (secondary N) is 1. The van der Waals surface area contributed by atoms with Crippen molar-refractivity contribution < 1.29 is 24.0 Å². The van der Waals surface area contributed by atoms with Crippen LogP contribution in [0.5, 0.6) is 0 Å². The van der Waals surface area contributed by atoms with Crippen LogP contribution in [0.1, 0.15) is 36.0 Å². The van der Waals surface area contributed by atoms with Crippen LogP contribution in [0.25, 0.3) is 0 Å². The second-order valence-electron chi connectivity index (χ2n) is 9.67. The molecule has 10 nitrogen and oxygen atoms in total. The van der Waals surface area contributed by atoms with E-state index in [0.29, 0.717) is 28.4 Å². The summed E-state index contributed by atoms with van der Waals surface area (Å²) >= 11 is 0. The summed E-state index contributed by atoms with van der Waals surface area (Å²) in [4.78, 5) is 66.7. The van der Waals surface area contributed by atoms with Gasteiger partial charge < -0.3 is 5.32 Å². The fourth-order valence-electron chi connectivity index (χ4n) is 7.33. The van der Waals surface area contributed by atoms with Crippen molar-refractivity contribution in [2.45, 2.75) is 31.2 Å². The Bertz CT molecular complexity index is 1130. The van der Waals surface area contributed by atoms with Gasteiger partial charge in [-0.15, -0.1) is 0 Å². The standard InChI is InChI=1S/C23H23N5O5/c24-27-18(30)13-15(20(27)32)23(26-17(29)11-6-2-1-3-7-11)10-12-8-4-5-9-22(12,13)14-16(23)21(33)28(25)19(14)31/h1-3,6-7,10,13-16H,4-5,8-9,24-25H2,(H,26,29)/t13-,14+,15+,16-,22?,23?. The number of nitrogens with zero attached hydrogens (tertiary/aromatic N) is 2. The van der Waals surface area contributed by atoms with Crippen molar-refractivity contribution in [2.75, 3.05) is 0 Å². The van der Waals surface area contributed by atoms with Gasteiger partial charge in [-0.3, -0.25) is 24.0 Å². The average molecular weight is 449 g/mol. The Morgan fingerprint density at radius 2 is 1.39 bits per heavy atom. The Kier molecular flexibility index (Phi) is 3.90. The summed E-state index contributed by atoms with van der Waals surface area (Å²) in [5, 5.41) is 4.12. The third-order valence-electron chi connectivity index (χ3n) is 8.48. The molecule has 2 saturated carbocycles. The first-order chi connectivity index (χ1) is 15.8. The zero-order chi connectivity index (χ0) is 23.3. The minimum Gasteiger partial charge on any atom is -0.341 e. The molecule has 2 unspecified atom stereocenters. The van der Waals surface area contributed by atoms with Crippen LogP contribution in [0.3, 0.4) is 0 Å². The molecule has 1 aromatic carbocycles. The molecule has 1 aromatic rings. The molecule has 170 valence electrons. The Morgan fingerprint density at radius 3 is 1.97 bits per heavy atom. The molecule has 2 heterocycles. The maximum absolute atomic E-state index is 13.4. The second kappa shape index (κ2) is 6.36. The van der Waals surface area contributed by atoms with E-state index in [4.69, 9.17) is 11.7 Å². The lowest BCUT2D eigenvalue weighted by Gasteiger charge is -2.62. The maximum Gasteiger partial charge on any atom is 0.252 e. The van der Waals surface area contributed by atoms with Crippen LogP contribution in [-0.4, -0.2) is 45.1 Å². The molecule has 33 heavy (non-hydrogen) atoms. The van der Waals surface area contributed by atoms with Crippen molar-refractivity contribution in [2.24, 2.45) is 40.8 Å². The van der Waals surface area contributed by atoms with Crippen LogP contribution in [0, 0.1) is 29.1 Å². The molecule has 4 fully saturated rings. The lowest BCUT2D eigenvalue weighted by molar-refractivity contribution is -0.155. The van der Waals surface area contributed by atoms with E-state index in [0.717, 1.165) is 18.4 Å². The summed E-state index contributed by atoms with van der Waals surface area (Å²) in [6, 6.07) is 8.37. The highest BCUT2D eigenvalue weighted by molar-refractivity contribution is 6.13. The van der Waals surface area contributed by atoms with Gasteiger partial charge in [0.2, 0.25) is 23.6 Å². The van der Waals surface area contributed by atoms with Gasteiger partial charge in [0, 0.05) is 11.0 Å². The van der Waals surface area contributed by atoms with E-state index in [2.05, 4.69) is 5.32 Å². The number of allylic oxidation sites excluding steroid dienone is 1. The van der Waals surface area contributed by atoms with Crippen molar-refractivity contribution in [3.8, 4) is 0 Å². The zero-order valence-corrected chi connectivity index (χ0v) is 17.7. The van der Waals surface area contributed by atoms with E-state index in [-0.39, 0.29) is 0 Å². The van der Waals surface area contributed by atoms with E-state index in [1.165, 1.54) is 0 Å². The molecule has 5 amide bonds. The first-order valence-electron chi connectivity index (χ1n) is 11.1. The number of carbonyl (C=O) groups is 5. The fraction of sp³-hybridized carbons (Fsp3) is 0.435. The zero-order valence-electron chi connectivity index (χ0n) is 17.7. The lowest BCUT2D eigenvalue weighted by atomic mass is 9.39. The number of rotatable bonds is 2. The van der Waals surface area contributed by atoms with Crippen LogP contribution in [-0.2, 0) is 19.2 Å². The SMILES string of the molecule is NN1C(=O)[C@@H]2[C@H](C1=O)C1(NC(=O)c3ccccc3)C=C3CCCCC32[C@H]2C(=O)N(N)C(=O)[C@H]21. The van der Waals surface area contributed by atoms with Crippen LogP contribution in [0.15, 0.2) is 42.0 Å². The average Bonchev–Trinajstić information content (AvgIpc) is 3.21. The van der Waals surface area contributed by atoms with Gasteiger partial charge in [0.1, 0.15) is 0 Å². The Balaban J connectivity index is 1.62. The minimum absolute atomic E-state index is 0.326. The van der Waals surface area contributed by atoms with Crippen molar-refractivity contribution in [3.05, 3.63) is 47.5 Å². The molecular weight excluding hydrogens is 426 g/mol. The molecule has 5 N–H and O–H groups in total. The third-order valence-corrected chi connectivity index (χ3v) is 8.48. The van der Waals surface area contributed by atoms with Crippen LogP contribution in [0.4, 0.5) is 0 Å². The molecule has 0 radical (unpaired) electrons. The number of hydrazine groups is 2. The first kappa shape index (κ1) is 20.3. The molecule has 10 heteroatoms. The molecule has 7 rings (SSSR count). The molecule has 2 bridgehead atoms. The summed E-state index contributed by atoms with van der Waals surface area (Å²) in [6.45, 7) is 0. The predicted molar refractivity (Wildman–Crippen MR) is 112 cm³/mol. The highest BCUT2D eigenvalue weighted by atomic mass is 16.2. The van der Waals surface area contributed by atoms with Crippen LogP contribution >= 0.6 is 0 Å². The van der Waals surface area contributed by atoms with E-state index in [9.17, 15) is 24.0 Å². The van der Waals surface area contributed by atoms with Gasteiger partial charge in [-0.2, -0.15) is 0 Å². The largest absolute Gasteiger partial charge is 0.341 e. The van der Waals surface area contributed by atoms with E-state index in [1.54, 1.807) is 36.4 Å². The van der Waals surface area contributed by atoms with Gasteiger partial charge in [-0.1, -0.05) is 36.3 Å². The molecule has 2 saturated heterocycles. The Labute approximate surface area is 188 Å². The Hall–Kier alpha value is -3.37. The van der Waals surface area contributed by atoms with Gasteiger partial charge in [-0.05, 0) is 31.4 Å². The minimum atomic E-state index is -1.58. The topological polar surface area (TPSA) is 156 Å². The van der Waals surface area contributed by atoms with Gasteiger partial charge in [0.25, 0.3) is 5.91 Å². The number of carbonyl (C=O) groups excluding carboxylic acids is 5. The fourth-order valence-corrected chi connectivity index (χ4v) is 7.33. The lowest BCUT2D eigenvalue weighted by Crippen LogP contribution is -2.74. The first-order valence-corrected chi connectivity index (χ1v) is 11.1. The molecular formula is C23H23N5O5. The predicted octanol–water partition coefficient (Wildman–Crippen LogP) is -0.381. The van der Waals surface area contributed by atoms with Crippen molar-refractivity contribution in [1.82, 2.24) is 15.3 Å². The van der Waals surface area contributed by atoms with Gasteiger partial charge in [-0.25, -0.2) is 21.7 Å². The third kappa shape index (κ3) is 2.17. The molecule has 6 atom stereocenters. The molecule has 2 aliphatic heterocycles. The number of imide groups is 2. The highest BCUT2D eigenvalue weighted by Crippen LogP contribution is 2.70. The summed E-state index contributed by atoms with van der Waals surface area (Å²) in [5.41, 5.74) is -1.43. The van der Waals surface area contributed by atoms with Crippen molar-refractivity contribution in [3.63, 3.8) is 0 Å². The van der Waals surface area contributed by atoms with E-state index in [1.807, 2.05) is 0 Å². The van der Waals surface area contributed by atoms with Gasteiger partial charge >= 0.3 is 0 Å². The summed E-state index contributed by atoms with van der Waals surface area (Å²) < 4.78 is 0. The monoisotopic (exact) mass is 449 g/mol. The van der Waals surface area contributed by atoms with E-state index >= 15 is 0 Å². The number of benzene rings is 1. The number of hydrogen-bond acceptors (Lipinski definition) is 7. The summed E-state index contributed by atoms with van der Waals surface area (Å²) in [7, 11) is 0. The normalized spacial score (nSPS) is 38.8. The molecule has 4 aliphatic carbocycles. The highest BCUT2D eigenvalue weighted by Gasteiger charge is 2.81. The summed E-state index contributed by atoms with van der Waals surface area (Å²) in [6.07, 6.45) is 4.44. The quantitative estimate of drug-likeness (QED) is 0.240. The van der Waals surface area contributed by atoms with Crippen molar-refractivity contribution in [1.29, 1.82) is 0 Å². The molecule has 0 aromatic heterocycles. The smallest absolute Gasteiger partial charge is 0.252 e. The van der Waals surface area contributed by atoms with Crippen LogP contribution < -0.4 is 17.0 Å². The number of hydrogen-bond donors (Lipinski definition) is 3. The van der Waals surface area contributed by atoms with Crippen LogP contribution in [0.2, 0.25) is 0 Å². The van der Waals surface area contributed by atoms with Gasteiger partial charge in [0.15, 0.2) is 0 Å². The molecule has 6 aliphatic rings. The maximum atomic E-state index is 13.4. The number of amides is 5. The van der Waals surface area contributed by atoms with Crippen molar-refractivity contribution >= 4 is 29.5 Å². The second-order valence-corrected chi connectivity index (χ2v) is 9.67.